The lowest BCUT2D eigenvalue weighted by atomic mass is 10.1. The molecule has 1 amide bonds. The minimum Gasteiger partial charge on any atom is -0.494 e. The molecule has 2 aromatic carbocycles. The van der Waals surface area contributed by atoms with E-state index in [9.17, 15) is 4.79 Å². The molecule has 0 saturated heterocycles. The van der Waals surface area contributed by atoms with E-state index in [1.165, 1.54) is 16.9 Å². The number of fused-ring (bicyclic) bond motifs is 1. The molecule has 1 aromatic heterocycles. The molecule has 0 saturated carbocycles. The van der Waals surface area contributed by atoms with E-state index in [4.69, 9.17) is 4.74 Å². The number of nitrogens with one attached hydrogen (secondary N) is 1. The molecular weight excluding hydrogens is 308 g/mol. The highest BCUT2D eigenvalue weighted by molar-refractivity contribution is 7.22. The SMILES string of the molecule is CCOc1ccc(C(=O)Nc2nc3c(CC)cccc3s2)cc1. The molecule has 0 fully saturated rings. The number of aryl methyl sites for hydroxylation is 1. The smallest absolute Gasteiger partial charge is 0.257 e. The highest BCUT2D eigenvalue weighted by atomic mass is 32.1. The Bertz CT molecular complexity index is 825. The van der Waals surface area contributed by atoms with Gasteiger partial charge in [-0.2, -0.15) is 0 Å². The van der Waals surface area contributed by atoms with Gasteiger partial charge in [-0.1, -0.05) is 30.4 Å². The first-order valence-corrected chi connectivity index (χ1v) is 8.45. The van der Waals surface area contributed by atoms with Crippen LogP contribution in [0.5, 0.6) is 5.75 Å². The van der Waals surface area contributed by atoms with Crippen LogP contribution in [0.2, 0.25) is 0 Å². The number of nitrogens with zero attached hydrogens (tertiary/aromatic N) is 1. The van der Waals surface area contributed by atoms with Crippen LogP contribution in [0.25, 0.3) is 10.2 Å². The topological polar surface area (TPSA) is 51.2 Å². The van der Waals surface area contributed by atoms with Crippen molar-refractivity contribution in [1.29, 1.82) is 0 Å². The maximum atomic E-state index is 12.3. The summed E-state index contributed by atoms with van der Waals surface area (Å²) in [5, 5.41) is 3.50. The number of hydrogen-bond donors (Lipinski definition) is 1. The van der Waals surface area contributed by atoms with Gasteiger partial charge in [-0.3, -0.25) is 10.1 Å². The molecule has 0 aliphatic carbocycles. The second-order valence-corrected chi connectivity index (χ2v) is 6.08. The molecule has 118 valence electrons. The molecule has 0 radical (unpaired) electrons. The largest absolute Gasteiger partial charge is 0.494 e. The number of benzene rings is 2. The number of amides is 1. The van der Waals surface area contributed by atoms with Gasteiger partial charge in [0.2, 0.25) is 0 Å². The van der Waals surface area contributed by atoms with Gasteiger partial charge in [0.05, 0.1) is 16.8 Å². The molecule has 1 N–H and O–H groups in total. The Morgan fingerprint density at radius 3 is 2.65 bits per heavy atom. The van der Waals surface area contributed by atoms with Crippen LogP contribution >= 0.6 is 11.3 Å². The second-order valence-electron chi connectivity index (χ2n) is 5.05. The van der Waals surface area contributed by atoms with Gasteiger partial charge in [-0.05, 0) is 49.2 Å². The fourth-order valence-corrected chi connectivity index (χ4v) is 3.29. The van der Waals surface area contributed by atoms with E-state index in [0.717, 1.165) is 22.4 Å². The Balaban J connectivity index is 1.79. The summed E-state index contributed by atoms with van der Waals surface area (Å²) in [6.07, 6.45) is 0.924. The van der Waals surface area contributed by atoms with Gasteiger partial charge in [0.15, 0.2) is 5.13 Å². The Morgan fingerprint density at radius 2 is 1.96 bits per heavy atom. The first-order chi connectivity index (χ1) is 11.2. The predicted octanol–water partition coefficient (Wildman–Crippen LogP) is 4.51. The number of aromatic nitrogens is 1. The number of anilines is 1. The molecule has 4 nitrogen and oxygen atoms in total. The number of rotatable bonds is 5. The van der Waals surface area contributed by atoms with Crippen molar-refractivity contribution < 1.29 is 9.53 Å². The predicted molar refractivity (Wildman–Crippen MR) is 94.6 cm³/mol. The zero-order chi connectivity index (χ0) is 16.2. The molecule has 23 heavy (non-hydrogen) atoms. The van der Waals surface area contributed by atoms with E-state index in [1.54, 1.807) is 24.3 Å². The Labute approximate surface area is 139 Å². The Hall–Kier alpha value is -2.40. The molecule has 3 aromatic rings. The third-order valence-corrected chi connectivity index (χ3v) is 4.47. The average molecular weight is 326 g/mol. The van der Waals surface area contributed by atoms with Crippen LogP contribution in [0.4, 0.5) is 5.13 Å². The highest BCUT2D eigenvalue weighted by Crippen LogP contribution is 2.28. The molecule has 0 spiro atoms. The van der Waals surface area contributed by atoms with Gasteiger partial charge in [0, 0.05) is 5.56 Å². The van der Waals surface area contributed by atoms with Gasteiger partial charge in [-0.25, -0.2) is 4.98 Å². The van der Waals surface area contributed by atoms with Crippen molar-refractivity contribution >= 4 is 32.6 Å². The Kier molecular flexibility index (Phi) is 4.57. The van der Waals surface area contributed by atoms with Crippen molar-refractivity contribution in [2.45, 2.75) is 20.3 Å². The van der Waals surface area contributed by atoms with Crippen molar-refractivity contribution in [3.05, 3.63) is 53.6 Å². The van der Waals surface area contributed by atoms with Crippen LogP contribution in [0.3, 0.4) is 0 Å². The lowest BCUT2D eigenvalue weighted by Crippen LogP contribution is -2.11. The molecule has 1 heterocycles. The monoisotopic (exact) mass is 326 g/mol. The van der Waals surface area contributed by atoms with Crippen LogP contribution in [-0.4, -0.2) is 17.5 Å². The number of para-hydroxylation sites is 1. The summed E-state index contributed by atoms with van der Waals surface area (Å²) >= 11 is 1.49. The van der Waals surface area contributed by atoms with Gasteiger partial charge in [0.1, 0.15) is 5.75 Å². The number of ether oxygens (including phenoxy) is 1. The summed E-state index contributed by atoms with van der Waals surface area (Å²) in [7, 11) is 0. The minimum atomic E-state index is -0.162. The van der Waals surface area contributed by atoms with Gasteiger partial charge in [0.25, 0.3) is 5.91 Å². The molecule has 0 atom stereocenters. The lowest BCUT2D eigenvalue weighted by molar-refractivity contribution is 0.102. The van der Waals surface area contributed by atoms with E-state index < -0.39 is 0 Å². The fourth-order valence-electron chi connectivity index (χ4n) is 2.38. The number of thiazole rings is 1. The van der Waals surface area contributed by atoms with E-state index in [1.807, 2.05) is 19.1 Å². The summed E-state index contributed by atoms with van der Waals surface area (Å²) in [5.74, 6) is 0.599. The quantitative estimate of drug-likeness (QED) is 0.750. The normalized spacial score (nSPS) is 10.7. The van der Waals surface area contributed by atoms with Crippen molar-refractivity contribution in [2.24, 2.45) is 0 Å². The fraction of sp³-hybridized carbons (Fsp3) is 0.222. The Morgan fingerprint density at radius 1 is 1.17 bits per heavy atom. The van der Waals surface area contributed by atoms with Crippen molar-refractivity contribution in [2.75, 3.05) is 11.9 Å². The van der Waals surface area contributed by atoms with Crippen LogP contribution in [0.1, 0.15) is 29.8 Å². The molecule has 0 aliphatic heterocycles. The molecule has 3 rings (SSSR count). The molecule has 0 aliphatic rings. The minimum absolute atomic E-state index is 0.162. The number of carbonyl (C=O) groups excluding carboxylic acids is 1. The highest BCUT2D eigenvalue weighted by Gasteiger charge is 2.11. The van der Waals surface area contributed by atoms with E-state index >= 15 is 0 Å². The standard InChI is InChI=1S/C18H18N2O2S/c1-3-12-6-5-7-15-16(12)19-18(23-15)20-17(21)13-8-10-14(11-9-13)22-4-2/h5-11H,3-4H2,1-2H3,(H,19,20,21). The average Bonchev–Trinajstić information content (AvgIpc) is 2.98. The maximum Gasteiger partial charge on any atom is 0.257 e. The summed E-state index contributed by atoms with van der Waals surface area (Å²) in [6.45, 7) is 4.64. The van der Waals surface area contributed by atoms with E-state index in [0.29, 0.717) is 17.3 Å². The van der Waals surface area contributed by atoms with Crippen LogP contribution in [-0.2, 0) is 6.42 Å². The third kappa shape index (κ3) is 3.35. The van der Waals surface area contributed by atoms with E-state index in [-0.39, 0.29) is 5.91 Å². The molecule has 5 heteroatoms. The van der Waals surface area contributed by atoms with Crippen molar-refractivity contribution in [1.82, 2.24) is 4.98 Å². The number of hydrogen-bond acceptors (Lipinski definition) is 4. The molecule has 0 bridgehead atoms. The van der Waals surface area contributed by atoms with Crippen molar-refractivity contribution in [3.8, 4) is 5.75 Å². The van der Waals surface area contributed by atoms with Crippen LogP contribution in [0.15, 0.2) is 42.5 Å². The first kappa shape index (κ1) is 15.5. The summed E-state index contributed by atoms with van der Waals surface area (Å²) < 4.78 is 6.47. The first-order valence-electron chi connectivity index (χ1n) is 7.64. The second kappa shape index (κ2) is 6.79. The number of carbonyl (C=O) groups is 1. The van der Waals surface area contributed by atoms with Gasteiger partial charge in [-0.15, -0.1) is 0 Å². The van der Waals surface area contributed by atoms with E-state index in [2.05, 4.69) is 23.3 Å². The zero-order valence-electron chi connectivity index (χ0n) is 13.1. The van der Waals surface area contributed by atoms with Crippen LogP contribution in [0, 0.1) is 0 Å². The van der Waals surface area contributed by atoms with Crippen LogP contribution < -0.4 is 10.1 Å². The van der Waals surface area contributed by atoms with Gasteiger partial charge >= 0.3 is 0 Å². The molecule has 0 unspecified atom stereocenters. The summed E-state index contributed by atoms with van der Waals surface area (Å²) in [4.78, 5) is 16.9. The van der Waals surface area contributed by atoms with Crippen molar-refractivity contribution in [3.63, 3.8) is 0 Å². The van der Waals surface area contributed by atoms with Gasteiger partial charge < -0.3 is 4.74 Å². The summed E-state index contributed by atoms with van der Waals surface area (Å²) in [6, 6.07) is 13.2. The lowest BCUT2D eigenvalue weighted by Gasteiger charge is -2.04. The zero-order valence-corrected chi connectivity index (χ0v) is 13.9. The summed E-state index contributed by atoms with van der Waals surface area (Å²) in [5.41, 5.74) is 2.76. The third-order valence-electron chi connectivity index (χ3n) is 3.53. The maximum absolute atomic E-state index is 12.3. The molecular formula is C18H18N2O2S.